The second-order valence-corrected chi connectivity index (χ2v) is 6.55. The maximum atomic E-state index is 9.34. The van der Waals surface area contributed by atoms with Gasteiger partial charge in [0.2, 0.25) is 0 Å². The number of hydrogen-bond donors (Lipinski definition) is 2. The molecule has 4 heteroatoms. The van der Waals surface area contributed by atoms with Gasteiger partial charge in [-0.3, -0.25) is 4.90 Å². The SMILES string of the molecule is CCC(C)(CNC)CN1CC(CO)OC(C)(C)C1. The molecule has 1 heterocycles. The zero-order chi connectivity index (χ0) is 13.8. The molecule has 0 spiro atoms. The number of aliphatic hydroxyl groups is 1. The summed E-state index contributed by atoms with van der Waals surface area (Å²) in [5.41, 5.74) is 0.113. The lowest BCUT2D eigenvalue weighted by atomic mass is 9.86. The lowest BCUT2D eigenvalue weighted by molar-refractivity contribution is -0.153. The fraction of sp³-hybridized carbons (Fsp3) is 1.00. The lowest BCUT2D eigenvalue weighted by Gasteiger charge is -2.45. The van der Waals surface area contributed by atoms with Gasteiger partial charge in [-0.15, -0.1) is 0 Å². The van der Waals surface area contributed by atoms with Gasteiger partial charge < -0.3 is 15.2 Å². The molecule has 1 aliphatic rings. The molecule has 1 fully saturated rings. The predicted octanol–water partition coefficient (Wildman–Crippen LogP) is 1.09. The average molecular weight is 258 g/mol. The number of rotatable bonds is 6. The molecule has 18 heavy (non-hydrogen) atoms. The first kappa shape index (κ1) is 15.9. The van der Waals surface area contributed by atoms with Crippen LogP contribution in [0.4, 0.5) is 0 Å². The Labute approximate surface area is 112 Å². The second kappa shape index (κ2) is 6.33. The van der Waals surface area contributed by atoms with Crippen molar-refractivity contribution in [2.24, 2.45) is 5.41 Å². The first-order chi connectivity index (χ1) is 8.34. The molecule has 0 aromatic carbocycles. The molecule has 2 N–H and O–H groups in total. The largest absolute Gasteiger partial charge is 0.394 e. The van der Waals surface area contributed by atoms with Gasteiger partial charge in [-0.1, -0.05) is 13.8 Å². The Balaban J connectivity index is 2.64. The lowest BCUT2D eigenvalue weighted by Crippen LogP contribution is -2.56. The summed E-state index contributed by atoms with van der Waals surface area (Å²) >= 11 is 0. The molecule has 0 radical (unpaired) electrons. The van der Waals surface area contributed by atoms with Crippen LogP contribution in [0.15, 0.2) is 0 Å². The van der Waals surface area contributed by atoms with E-state index in [0.717, 1.165) is 32.6 Å². The molecule has 108 valence electrons. The summed E-state index contributed by atoms with van der Waals surface area (Å²) in [5.74, 6) is 0. The monoisotopic (exact) mass is 258 g/mol. The molecule has 0 saturated carbocycles. The van der Waals surface area contributed by atoms with Crippen LogP contribution in [0.1, 0.15) is 34.1 Å². The van der Waals surface area contributed by atoms with Gasteiger partial charge in [-0.05, 0) is 32.7 Å². The standard InChI is InChI=1S/C14H30N2O2/c1-6-14(4,9-15-5)11-16-7-12(8-17)18-13(2,3)10-16/h12,15,17H,6-11H2,1-5H3. The molecule has 2 unspecified atom stereocenters. The molecule has 0 aromatic heterocycles. The van der Waals surface area contributed by atoms with E-state index in [1.54, 1.807) is 0 Å². The molecule has 4 nitrogen and oxygen atoms in total. The molecule has 0 bridgehead atoms. The number of hydrogen-bond acceptors (Lipinski definition) is 4. The topological polar surface area (TPSA) is 44.7 Å². The summed E-state index contributed by atoms with van der Waals surface area (Å²) in [6.07, 6.45) is 1.10. The van der Waals surface area contributed by atoms with Crippen molar-refractivity contribution < 1.29 is 9.84 Å². The number of nitrogens with one attached hydrogen (secondary N) is 1. The van der Waals surface area contributed by atoms with Gasteiger partial charge in [0, 0.05) is 26.2 Å². The van der Waals surface area contributed by atoms with Gasteiger partial charge in [0.1, 0.15) is 0 Å². The molecule has 1 saturated heterocycles. The molecular formula is C14H30N2O2. The van der Waals surface area contributed by atoms with E-state index in [1.807, 2.05) is 7.05 Å². The summed E-state index contributed by atoms with van der Waals surface area (Å²) in [4.78, 5) is 2.44. The van der Waals surface area contributed by atoms with Crippen molar-refractivity contribution in [3.05, 3.63) is 0 Å². The smallest absolute Gasteiger partial charge is 0.0940 e. The van der Waals surface area contributed by atoms with Gasteiger partial charge in [-0.2, -0.15) is 0 Å². The molecular weight excluding hydrogens is 228 g/mol. The highest BCUT2D eigenvalue weighted by Crippen LogP contribution is 2.27. The van der Waals surface area contributed by atoms with Crippen molar-refractivity contribution in [1.29, 1.82) is 0 Å². The van der Waals surface area contributed by atoms with Crippen molar-refractivity contribution in [2.75, 3.05) is 39.8 Å². The second-order valence-electron chi connectivity index (χ2n) is 6.55. The number of ether oxygens (including phenoxy) is 1. The van der Waals surface area contributed by atoms with Gasteiger partial charge in [-0.25, -0.2) is 0 Å². The highest BCUT2D eigenvalue weighted by atomic mass is 16.5. The molecule has 2 atom stereocenters. The summed E-state index contributed by atoms with van der Waals surface area (Å²) in [7, 11) is 2.01. The van der Waals surface area contributed by atoms with E-state index in [9.17, 15) is 5.11 Å². The fourth-order valence-corrected chi connectivity index (χ4v) is 2.89. The quantitative estimate of drug-likeness (QED) is 0.749. The minimum Gasteiger partial charge on any atom is -0.394 e. The molecule has 1 aliphatic heterocycles. The normalized spacial score (nSPS) is 28.0. The minimum atomic E-state index is -0.167. The van der Waals surface area contributed by atoms with Crippen LogP contribution >= 0.6 is 0 Å². The van der Waals surface area contributed by atoms with E-state index in [0.29, 0.717) is 0 Å². The minimum absolute atomic E-state index is 0.0514. The molecule has 0 aliphatic carbocycles. The highest BCUT2D eigenvalue weighted by molar-refractivity contribution is 4.88. The Morgan fingerprint density at radius 3 is 2.67 bits per heavy atom. The first-order valence-corrected chi connectivity index (χ1v) is 7.00. The van der Waals surface area contributed by atoms with Crippen LogP contribution in [0, 0.1) is 5.41 Å². The predicted molar refractivity (Wildman–Crippen MR) is 74.8 cm³/mol. The number of nitrogens with zero attached hydrogens (tertiary/aromatic N) is 1. The van der Waals surface area contributed by atoms with E-state index >= 15 is 0 Å². The molecule has 1 rings (SSSR count). The summed E-state index contributed by atoms with van der Waals surface area (Å²) in [6.45, 7) is 12.7. The van der Waals surface area contributed by atoms with E-state index in [2.05, 4.69) is 37.9 Å². The Morgan fingerprint density at radius 1 is 1.50 bits per heavy atom. The van der Waals surface area contributed by atoms with Crippen LogP contribution < -0.4 is 5.32 Å². The van der Waals surface area contributed by atoms with Gasteiger partial charge in [0.15, 0.2) is 0 Å². The van der Waals surface area contributed by atoms with E-state index < -0.39 is 0 Å². The third kappa shape index (κ3) is 4.50. The first-order valence-electron chi connectivity index (χ1n) is 7.00. The Hall–Kier alpha value is -0.160. The maximum Gasteiger partial charge on any atom is 0.0940 e. The fourth-order valence-electron chi connectivity index (χ4n) is 2.89. The van der Waals surface area contributed by atoms with Crippen LogP contribution in [0.5, 0.6) is 0 Å². The van der Waals surface area contributed by atoms with E-state index in [-0.39, 0.29) is 23.7 Å². The van der Waals surface area contributed by atoms with Crippen molar-refractivity contribution >= 4 is 0 Å². The Kier molecular flexibility index (Phi) is 5.59. The van der Waals surface area contributed by atoms with Crippen LogP contribution in [-0.4, -0.2) is 61.5 Å². The molecule has 0 amide bonds. The summed E-state index contributed by atoms with van der Waals surface area (Å²) in [5, 5.41) is 12.6. The maximum absolute atomic E-state index is 9.34. The zero-order valence-corrected chi connectivity index (χ0v) is 12.6. The summed E-state index contributed by atoms with van der Waals surface area (Å²) in [6, 6.07) is 0. The van der Waals surface area contributed by atoms with E-state index in [4.69, 9.17) is 4.74 Å². The van der Waals surface area contributed by atoms with Gasteiger partial charge >= 0.3 is 0 Å². The van der Waals surface area contributed by atoms with Crippen molar-refractivity contribution in [3.8, 4) is 0 Å². The summed E-state index contributed by atoms with van der Waals surface area (Å²) < 4.78 is 5.85. The van der Waals surface area contributed by atoms with Gasteiger partial charge in [0.05, 0.1) is 18.3 Å². The van der Waals surface area contributed by atoms with Crippen molar-refractivity contribution in [1.82, 2.24) is 10.2 Å². The van der Waals surface area contributed by atoms with Crippen LogP contribution in [0.25, 0.3) is 0 Å². The zero-order valence-electron chi connectivity index (χ0n) is 12.6. The van der Waals surface area contributed by atoms with Crippen LogP contribution in [0.3, 0.4) is 0 Å². The Morgan fingerprint density at radius 2 is 2.17 bits per heavy atom. The average Bonchev–Trinajstić information content (AvgIpc) is 2.27. The van der Waals surface area contributed by atoms with Crippen molar-refractivity contribution in [2.45, 2.75) is 45.8 Å². The van der Waals surface area contributed by atoms with E-state index in [1.165, 1.54) is 0 Å². The number of morpholine rings is 1. The third-order valence-electron chi connectivity index (χ3n) is 3.82. The van der Waals surface area contributed by atoms with Crippen LogP contribution in [0.2, 0.25) is 0 Å². The van der Waals surface area contributed by atoms with Crippen LogP contribution in [-0.2, 0) is 4.74 Å². The van der Waals surface area contributed by atoms with Crippen molar-refractivity contribution in [3.63, 3.8) is 0 Å². The third-order valence-corrected chi connectivity index (χ3v) is 3.82. The number of aliphatic hydroxyl groups excluding tert-OH is 1. The molecule has 0 aromatic rings. The van der Waals surface area contributed by atoms with Gasteiger partial charge in [0.25, 0.3) is 0 Å². The highest BCUT2D eigenvalue weighted by Gasteiger charge is 2.35. The Bertz CT molecular complexity index is 258.